The molecule has 180 valence electrons. The van der Waals surface area contributed by atoms with Crippen LogP contribution in [0.1, 0.15) is 118 Å². The molecule has 30 heavy (non-hydrogen) atoms. The van der Waals surface area contributed by atoms with E-state index in [1.54, 1.807) is 0 Å². The zero-order chi connectivity index (χ0) is 22.3. The van der Waals surface area contributed by atoms with Gasteiger partial charge in [0, 0.05) is 5.92 Å². The fraction of sp³-hybridized carbons (Fsp3) is 0.923. The Balaban J connectivity index is 5.11. The second-order valence-electron chi connectivity index (χ2n) is 8.20. The van der Waals surface area contributed by atoms with Crippen LogP contribution in [0.25, 0.3) is 0 Å². The first-order valence-electron chi connectivity index (χ1n) is 12.9. The highest BCUT2D eigenvalue weighted by Crippen LogP contribution is 2.34. The standard InChI is InChI=1S/C26H52O4/c1-6-11-13-14-15-16-18-25(19-17-24-27-23-12-7-2)26(28-20-8-3,29-21-9-4)30-22-10-5/h12,23,25H,6-11,13-22,24H2,1-5H3. The van der Waals surface area contributed by atoms with Crippen LogP contribution in [0.5, 0.6) is 0 Å². The largest absolute Gasteiger partial charge is 0.502 e. The predicted octanol–water partition coefficient (Wildman–Crippen LogP) is 8.01. The van der Waals surface area contributed by atoms with Crippen LogP contribution >= 0.6 is 0 Å². The summed E-state index contributed by atoms with van der Waals surface area (Å²) in [5.74, 6) is -0.683. The minimum Gasteiger partial charge on any atom is -0.502 e. The molecule has 0 spiro atoms. The lowest BCUT2D eigenvalue weighted by molar-refractivity contribution is -0.406. The molecule has 0 radical (unpaired) electrons. The van der Waals surface area contributed by atoms with Crippen LogP contribution in [0.4, 0.5) is 0 Å². The van der Waals surface area contributed by atoms with Crippen molar-refractivity contribution in [1.29, 1.82) is 0 Å². The van der Waals surface area contributed by atoms with Crippen molar-refractivity contribution in [3.63, 3.8) is 0 Å². The second-order valence-corrected chi connectivity index (χ2v) is 8.20. The Morgan fingerprint density at radius 2 is 1.13 bits per heavy atom. The van der Waals surface area contributed by atoms with E-state index in [1.807, 2.05) is 6.26 Å². The molecule has 1 unspecified atom stereocenters. The lowest BCUT2D eigenvalue weighted by Crippen LogP contribution is -2.47. The highest BCUT2D eigenvalue weighted by Gasteiger charge is 2.42. The zero-order valence-electron chi connectivity index (χ0n) is 20.9. The minimum atomic E-state index is -0.912. The third kappa shape index (κ3) is 14.4. The number of hydrogen-bond donors (Lipinski definition) is 0. The molecule has 4 nitrogen and oxygen atoms in total. The molecule has 4 heteroatoms. The van der Waals surface area contributed by atoms with E-state index in [2.05, 4.69) is 40.7 Å². The summed E-state index contributed by atoms with van der Waals surface area (Å²) >= 11 is 0. The van der Waals surface area contributed by atoms with Crippen molar-refractivity contribution in [2.45, 2.75) is 124 Å². The van der Waals surface area contributed by atoms with Gasteiger partial charge in [-0.3, -0.25) is 0 Å². The molecule has 0 aliphatic carbocycles. The molecule has 0 saturated carbocycles. The van der Waals surface area contributed by atoms with Crippen LogP contribution in [0.2, 0.25) is 0 Å². The van der Waals surface area contributed by atoms with Crippen molar-refractivity contribution in [2.24, 2.45) is 5.92 Å². The van der Waals surface area contributed by atoms with Crippen LogP contribution < -0.4 is 0 Å². The van der Waals surface area contributed by atoms with E-state index >= 15 is 0 Å². The number of hydrogen-bond acceptors (Lipinski definition) is 4. The Hall–Kier alpha value is -0.580. The van der Waals surface area contributed by atoms with Gasteiger partial charge in [-0.05, 0) is 44.9 Å². The summed E-state index contributed by atoms with van der Waals surface area (Å²) in [4.78, 5) is 0. The van der Waals surface area contributed by atoms with Gasteiger partial charge in [-0.2, -0.15) is 0 Å². The van der Waals surface area contributed by atoms with Gasteiger partial charge in [0.1, 0.15) is 0 Å². The van der Waals surface area contributed by atoms with Gasteiger partial charge in [-0.1, -0.05) is 79.2 Å². The Kier molecular flexibility index (Phi) is 21.2. The quantitative estimate of drug-likeness (QED) is 0.0938. The lowest BCUT2D eigenvalue weighted by atomic mass is 9.93. The molecule has 0 bridgehead atoms. The van der Waals surface area contributed by atoms with E-state index in [4.69, 9.17) is 18.9 Å². The fourth-order valence-corrected chi connectivity index (χ4v) is 3.53. The summed E-state index contributed by atoms with van der Waals surface area (Å²) in [5, 5.41) is 0. The van der Waals surface area contributed by atoms with Crippen molar-refractivity contribution in [3.8, 4) is 0 Å². The van der Waals surface area contributed by atoms with Crippen LogP contribution in [-0.4, -0.2) is 32.4 Å². The molecule has 0 amide bonds. The molecule has 0 aromatic heterocycles. The van der Waals surface area contributed by atoms with Gasteiger partial charge in [-0.15, -0.1) is 0 Å². The van der Waals surface area contributed by atoms with Crippen molar-refractivity contribution >= 4 is 0 Å². The minimum absolute atomic E-state index is 0.229. The maximum Gasteiger partial charge on any atom is 0.285 e. The molecule has 0 saturated heterocycles. The van der Waals surface area contributed by atoms with Gasteiger partial charge in [0.15, 0.2) is 0 Å². The van der Waals surface area contributed by atoms with E-state index in [0.717, 1.165) is 51.6 Å². The van der Waals surface area contributed by atoms with Crippen LogP contribution in [0, 0.1) is 5.92 Å². The smallest absolute Gasteiger partial charge is 0.285 e. The number of allylic oxidation sites excluding steroid dienone is 1. The molecule has 0 aromatic rings. The molecular formula is C26H52O4. The SMILES string of the molecule is CCC=COCCCC(CCCCCCCC)C(OCCC)(OCCC)OCCC. The van der Waals surface area contributed by atoms with Crippen LogP contribution in [0.3, 0.4) is 0 Å². The molecule has 0 heterocycles. The van der Waals surface area contributed by atoms with Gasteiger partial charge in [0.2, 0.25) is 0 Å². The van der Waals surface area contributed by atoms with Gasteiger partial charge in [-0.25, -0.2) is 0 Å². The summed E-state index contributed by atoms with van der Waals surface area (Å²) in [6, 6.07) is 0. The van der Waals surface area contributed by atoms with Gasteiger partial charge in [0.05, 0.1) is 32.7 Å². The summed E-state index contributed by atoms with van der Waals surface area (Å²) < 4.78 is 24.7. The highest BCUT2D eigenvalue weighted by molar-refractivity contribution is 4.74. The molecule has 0 fully saturated rings. The fourth-order valence-electron chi connectivity index (χ4n) is 3.53. The molecule has 0 N–H and O–H groups in total. The molecule has 0 aliphatic rings. The first-order valence-corrected chi connectivity index (χ1v) is 12.9. The molecule has 0 aromatic carbocycles. The molecule has 1 atom stereocenters. The highest BCUT2D eigenvalue weighted by atomic mass is 16.9. The average molecular weight is 429 g/mol. The van der Waals surface area contributed by atoms with Gasteiger partial charge >= 0.3 is 0 Å². The molecule has 0 rings (SSSR count). The molecular weight excluding hydrogens is 376 g/mol. The lowest BCUT2D eigenvalue weighted by Gasteiger charge is -2.40. The van der Waals surface area contributed by atoms with Crippen molar-refractivity contribution < 1.29 is 18.9 Å². The summed E-state index contributed by atoms with van der Waals surface area (Å²) in [7, 11) is 0. The Bertz CT molecular complexity index is 348. The number of unbranched alkanes of at least 4 members (excludes halogenated alkanes) is 5. The van der Waals surface area contributed by atoms with Gasteiger partial charge < -0.3 is 18.9 Å². The van der Waals surface area contributed by atoms with Crippen LogP contribution in [-0.2, 0) is 18.9 Å². The Labute approximate surface area is 188 Å². The maximum absolute atomic E-state index is 6.34. The maximum atomic E-state index is 6.34. The first-order chi connectivity index (χ1) is 14.7. The number of ether oxygens (including phenoxy) is 4. The van der Waals surface area contributed by atoms with E-state index in [-0.39, 0.29) is 5.92 Å². The summed E-state index contributed by atoms with van der Waals surface area (Å²) in [6.45, 7) is 13.5. The zero-order valence-corrected chi connectivity index (χ0v) is 20.9. The van der Waals surface area contributed by atoms with Crippen molar-refractivity contribution in [1.82, 2.24) is 0 Å². The number of rotatable bonds is 23. The predicted molar refractivity (Wildman–Crippen MR) is 128 cm³/mol. The van der Waals surface area contributed by atoms with E-state index in [0.29, 0.717) is 19.8 Å². The molecule has 0 aliphatic heterocycles. The normalized spacial score (nSPS) is 13.2. The average Bonchev–Trinajstić information content (AvgIpc) is 2.77. The topological polar surface area (TPSA) is 36.9 Å². The van der Waals surface area contributed by atoms with Crippen molar-refractivity contribution in [2.75, 3.05) is 26.4 Å². The van der Waals surface area contributed by atoms with E-state index < -0.39 is 5.97 Å². The third-order valence-corrected chi connectivity index (χ3v) is 5.17. The van der Waals surface area contributed by atoms with E-state index in [1.165, 1.54) is 38.5 Å². The van der Waals surface area contributed by atoms with Gasteiger partial charge in [0.25, 0.3) is 5.97 Å². The van der Waals surface area contributed by atoms with E-state index in [9.17, 15) is 0 Å². The van der Waals surface area contributed by atoms with Crippen LogP contribution in [0.15, 0.2) is 12.3 Å². The Morgan fingerprint density at radius 1 is 0.600 bits per heavy atom. The summed E-state index contributed by atoms with van der Waals surface area (Å²) in [6.07, 6.45) is 18.6. The van der Waals surface area contributed by atoms with Crippen molar-refractivity contribution in [3.05, 3.63) is 12.3 Å². The monoisotopic (exact) mass is 428 g/mol. The first kappa shape index (κ1) is 29.4. The Morgan fingerprint density at radius 3 is 1.67 bits per heavy atom. The third-order valence-electron chi connectivity index (χ3n) is 5.17. The second kappa shape index (κ2) is 21.6. The summed E-state index contributed by atoms with van der Waals surface area (Å²) in [5.41, 5.74) is 0.